The summed E-state index contributed by atoms with van der Waals surface area (Å²) in [4.78, 5) is 0. The van der Waals surface area contributed by atoms with Gasteiger partial charge >= 0.3 is 0 Å². The summed E-state index contributed by atoms with van der Waals surface area (Å²) in [5.41, 5.74) is 0.995. The SMILES string of the molecule is CC(C)(CO)C(CCO)c1ccccc1. The Morgan fingerprint density at radius 2 is 1.73 bits per heavy atom. The highest BCUT2D eigenvalue weighted by Gasteiger charge is 2.29. The summed E-state index contributed by atoms with van der Waals surface area (Å²) in [7, 11) is 0. The summed E-state index contributed by atoms with van der Waals surface area (Å²) in [5, 5.41) is 18.4. The van der Waals surface area contributed by atoms with Gasteiger partial charge in [0, 0.05) is 13.2 Å². The van der Waals surface area contributed by atoms with Crippen LogP contribution >= 0.6 is 0 Å². The van der Waals surface area contributed by atoms with Crippen LogP contribution in [0.3, 0.4) is 0 Å². The second-order valence-electron chi connectivity index (χ2n) is 4.62. The van der Waals surface area contributed by atoms with E-state index in [1.807, 2.05) is 32.0 Å². The third-order valence-electron chi connectivity index (χ3n) is 2.97. The summed E-state index contributed by atoms with van der Waals surface area (Å²) < 4.78 is 0. The van der Waals surface area contributed by atoms with Crippen molar-refractivity contribution in [2.75, 3.05) is 13.2 Å². The Balaban J connectivity index is 2.93. The van der Waals surface area contributed by atoms with Crippen LogP contribution in [0.2, 0.25) is 0 Å². The van der Waals surface area contributed by atoms with Gasteiger partial charge in [0.05, 0.1) is 0 Å². The minimum absolute atomic E-state index is 0.132. The quantitative estimate of drug-likeness (QED) is 0.778. The van der Waals surface area contributed by atoms with Crippen molar-refractivity contribution in [3.05, 3.63) is 35.9 Å². The molecule has 15 heavy (non-hydrogen) atoms. The van der Waals surface area contributed by atoms with Gasteiger partial charge in [0.15, 0.2) is 0 Å². The molecule has 2 nitrogen and oxygen atoms in total. The fourth-order valence-corrected chi connectivity index (χ4v) is 1.93. The van der Waals surface area contributed by atoms with Crippen molar-refractivity contribution in [1.29, 1.82) is 0 Å². The first kappa shape index (κ1) is 12.2. The van der Waals surface area contributed by atoms with E-state index in [1.165, 1.54) is 5.56 Å². The highest BCUT2D eigenvalue weighted by molar-refractivity contribution is 5.21. The molecule has 0 radical (unpaired) electrons. The molecular formula is C13H20O2. The summed E-state index contributed by atoms with van der Waals surface area (Å²) >= 11 is 0. The second-order valence-corrected chi connectivity index (χ2v) is 4.62. The van der Waals surface area contributed by atoms with Crippen LogP contribution in [0.15, 0.2) is 30.3 Å². The minimum Gasteiger partial charge on any atom is -0.396 e. The second kappa shape index (κ2) is 5.29. The van der Waals surface area contributed by atoms with Crippen molar-refractivity contribution in [2.45, 2.75) is 26.2 Å². The monoisotopic (exact) mass is 208 g/mol. The lowest BCUT2D eigenvalue weighted by Crippen LogP contribution is -2.27. The van der Waals surface area contributed by atoms with Gasteiger partial charge in [-0.15, -0.1) is 0 Å². The Hall–Kier alpha value is -0.860. The molecule has 1 aromatic carbocycles. The summed E-state index contributed by atoms with van der Waals surface area (Å²) in [6.45, 7) is 4.34. The van der Waals surface area contributed by atoms with Gasteiger partial charge in [-0.1, -0.05) is 44.2 Å². The maximum atomic E-state index is 9.37. The maximum Gasteiger partial charge on any atom is 0.0488 e. The van der Waals surface area contributed by atoms with E-state index < -0.39 is 0 Å². The first-order chi connectivity index (χ1) is 7.11. The molecule has 0 saturated carbocycles. The molecule has 0 heterocycles. The molecule has 0 aliphatic heterocycles. The van der Waals surface area contributed by atoms with Crippen LogP contribution in [-0.2, 0) is 0 Å². The van der Waals surface area contributed by atoms with Gasteiger partial charge in [-0.2, -0.15) is 0 Å². The van der Waals surface area contributed by atoms with Crippen LogP contribution in [0.4, 0.5) is 0 Å². The lowest BCUT2D eigenvalue weighted by Gasteiger charge is -2.32. The first-order valence-electron chi connectivity index (χ1n) is 5.38. The van der Waals surface area contributed by atoms with Gasteiger partial charge in [-0.25, -0.2) is 0 Å². The molecule has 0 spiro atoms. The third-order valence-corrected chi connectivity index (χ3v) is 2.97. The predicted octanol–water partition coefficient (Wildman–Crippen LogP) is 2.17. The summed E-state index contributed by atoms with van der Waals surface area (Å²) in [6.07, 6.45) is 0.692. The number of benzene rings is 1. The molecule has 2 heteroatoms. The average Bonchev–Trinajstić information content (AvgIpc) is 2.27. The van der Waals surface area contributed by atoms with Gasteiger partial charge in [0.1, 0.15) is 0 Å². The van der Waals surface area contributed by atoms with Crippen molar-refractivity contribution in [1.82, 2.24) is 0 Å². The zero-order valence-corrected chi connectivity index (χ0v) is 9.48. The Bertz CT molecular complexity index is 280. The molecule has 1 rings (SSSR count). The van der Waals surface area contributed by atoms with Crippen LogP contribution in [-0.4, -0.2) is 23.4 Å². The Kier molecular flexibility index (Phi) is 4.30. The topological polar surface area (TPSA) is 40.5 Å². The predicted molar refractivity (Wildman–Crippen MR) is 61.8 cm³/mol. The first-order valence-corrected chi connectivity index (χ1v) is 5.38. The smallest absolute Gasteiger partial charge is 0.0488 e. The number of aliphatic hydroxyl groups excluding tert-OH is 2. The van der Waals surface area contributed by atoms with Crippen LogP contribution in [0.1, 0.15) is 31.7 Å². The van der Waals surface area contributed by atoms with E-state index in [4.69, 9.17) is 5.11 Å². The zero-order valence-electron chi connectivity index (χ0n) is 9.48. The molecule has 1 unspecified atom stereocenters. The molecule has 0 fully saturated rings. The number of hydrogen-bond acceptors (Lipinski definition) is 2. The number of aliphatic hydroxyl groups is 2. The van der Waals surface area contributed by atoms with Crippen molar-refractivity contribution in [3.63, 3.8) is 0 Å². The molecule has 2 N–H and O–H groups in total. The van der Waals surface area contributed by atoms with E-state index >= 15 is 0 Å². The Morgan fingerprint density at radius 1 is 1.13 bits per heavy atom. The third kappa shape index (κ3) is 3.05. The molecule has 84 valence electrons. The van der Waals surface area contributed by atoms with Gasteiger partial charge in [0.2, 0.25) is 0 Å². The van der Waals surface area contributed by atoms with Crippen molar-refractivity contribution >= 4 is 0 Å². The van der Waals surface area contributed by atoms with E-state index in [9.17, 15) is 5.11 Å². The van der Waals surface area contributed by atoms with Crippen LogP contribution in [0.25, 0.3) is 0 Å². The van der Waals surface area contributed by atoms with Gasteiger partial charge in [-0.3, -0.25) is 0 Å². The lowest BCUT2D eigenvalue weighted by molar-refractivity contribution is 0.115. The molecule has 1 aromatic rings. The fraction of sp³-hybridized carbons (Fsp3) is 0.538. The van der Waals surface area contributed by atoms with Crippen LogP contribution in [0.5, 0.6) is 0 Å². The molecule has 0 saturated heterocycles. The van der Waals surface area contributed by atoms with Crippen LogP contribution in [0, 0.1) is 5.41 Å². The molecule has 1 atom stereocenters. The van der Waals surface area contributed by atoms with E-state index in [0.29, 0.717) is 6.42 Å². The summed E-state index contributed by atoms with van der Waals surface area (Å²) in [6, 6.07) is 10.1. The van der Waals surface area contributed by atoms with Gasteiger partial charge < -0.3 is 10.2 Å². The Labute approximate surface area is 91.6 Å². The molecule has 0 aliphatic carbocycles. The van der Waals surface area contributed by atoms with Crippen molar-refractivity contribution in [3.8, 4) is 0 Å². The van der Waals surface area contributed by atoms with Crippen molar-refractivity contribution < 1.29 is 10.2 Å². The van der Waals surface area contributed by atoms with E-state index in [2.05, 4.69) is 12.1 Å². The average molecular weight is 208 g/mol. The lowest BCUT2D eigenvalue weighted by atomic mass is 9.74. The Morgan fingerprint density at radius 3 is 2.20 bits per heavy atom. The maximum absolute atomic E-state index is 9.37. The van der Waals surface area contributed by atoms with E-state index in [1.54, 1.807) is 0 Å². The normalized spacial score (nSPS) is 13.9. The van der Waals surface area contributed by atoms with Crippen LogP contribution < -0.4 is 0 Å². The highest BCUT2D eigenvalue weighted by Crippen LogP contribution is 2.37. The summed E-state index contributed by atoms with van der Waals surface area (Å²) in [5.74, 6) is 0.202. The standard InChI is InChI=1S/C13H20O2/c1-13(2,10-15)12(8-9-14)11-6-4-3-5-7-11/h3-7,12,14-15H,8-10H2,1-2H3. The largest absolute Gasteiger partial charge is 0.396 e. The van der Waals surface area contributed by atoms with E-state index in [-0.39, 0.29) is 24.5 Å². The number of hydrogen-bond donors (Lipinski definition) is 2. The highest BCUT2D eigenvalue weighted by atomic mass is 16.3. The molecule has 0 bridgehead atoms. The fourth-order valence-electron chi connectivity index (χ4n) is 1.93. The molecular weight excluding hydrogens is 188 g/mol. The van der Waals surface area contributed by atoms with Gasteiger partial charge in [0.25, 0.3) is 0 Å². The van der Waals surface area contributed by atoms with Gasteiger partial charge in [-0.05, 0) is 23.3 Å². The molecule has 0 amide bonds. The zero-order chi connectivity index (χ0) is 11.3. The van der Waals surface area contributed by atoms with E-state index in [0.717, 1.165) is 0 Å². The minimum atomic E-state index is -0.190. The number of rotatable bonds is 5. The molecule has 0 aromatic heterocycles. The molecule has 0 aliphatic rings. The van der Waals surface area contributed by atoms with Crippen molar-refractivity contribution in [2.24, 2.45) is 5.41 Å².